The highest BCUT2D eigenvalue weighted by Crippen LogP contribution is 2.21. The lowest BCUT2D eigenvalue weighted by Gasteiger charge is -2.25. The van der Waals surface area contributed by atoms with Crippen molar-refractivity contribution in [2.75, 3.05) is 19.1 Å². The number of rotatable bonds is 9. The van der Waals surface area contributed by atoms with E-state index in [9.17, 15) is 18.0 Å². The highest BCUT2D eigenvalue weighted by Gasteiger charge is 2.28. The number of aromatic nitrogens is 2. The number of methoxy groups -OCH3 is 1. The Morgan fingerprint density at radius 3 is 2.34 bits per heavy atom. The van der Waals surface area contributed by atoms with Crippen LogP contribution in [0.3, 0.4) is 0 Å². The van der Waals surface area contributed by atoms with E-state index in [0.717, 1.165) is 9.65 Å². The maximum absolute atomic E-state index is 13.5. The summed E-state index contributed by atoms with van der Waals surface area (Å²) < 4.78 is 34.0. The number of nitrogens with two attached hydrogens (primary N) is 1. The molecule has 198 valence electrons. The molecule has 4 aromatic rings. The molecule has 1 atom stereocenters. The maximum Gasteiger partial charge on any atom is 0.347 e. The number of para-hydroxylation sites is 1. The number of benzene rings is 3. The van der Waals surface area contributed by atoms with Gasteiger partial charge in [-0.1, -0.05) is 48.5 Å². The molecular formula is C26H28N6O5S. The molecule has 0 aliphatic rings. The van der Waals surface area contributed by atoms with E-state index >= 15 is 0 Å². The molecule has 0 saturated carbocycles. The van der Waals surface area contributed by atoms with Crippen molar-refractivity contribution in [3.8, 4) is 5.75 Å². The first kappa shape index (κ1) is 26.6. The highest BCUT2D eigenvalue weighted by molar-refractivity contribution is 7.88. The van der Waals surface area contributed by atoms with Crippen molar-refractivity contribution < 1.29 is 22.7 Å². The number of anilines is 1. The van der Waals surface area contributed by atoms with Crippen molar-refractivity contribution in [2.45, 2.75) is 19.0 Å². The van der Waals surface area contributed by atoms with E-state index in [2.05, 4.69) is 10.4 Å². The zero-order chi connectivity index (χ0) is 27.3. The molecule has 38 heavy (non-hydrogen) atoms. The second kappa shape index (κ2) is 11.3. The monoisotopic (exact) mass is 536 g/mol. The molecule has 0 aliphatic carbocycles. The van der Waals surface area contributed by atoms with E-state index in [1.54, 1.807) is 62.7 Å². The summed E-state index contributed by atoms with van der Waals surface area (Å²) in [6.07, 6.45) is 0.135. The molecule has 1 unspecified atom stereocenters. The molecule has 0 bridgehead atoms. The van der Waals surface area contributed by atoms with Crippen LogP contribution in [0.5, 0.6) is 5.75 Å². The first-order valence-electron chi connectivity index (χ1n) is 11.7. The normalized spacial score (nSPS) is 12.1. The first-order chi connectivity index (χ1) is 18.2. The molecule has 0 radical (unpaired) electrons. The number of carbonyl (C=O) groups is 2. The summed E-state index contributed by atoms with van der Waals surface area (Å²) in [7, 11) is -1.34. The van der Waals surface area contributed by atoms with Crippen LogP contribution in [-0.4, -0.2) is 49.7 Å². The van der Waals surface area contributed by atoms with Gasteiger partial charge in [-0.3, -0.25) is 4.79 Å². The van der Waals surface area contributed by atoms with E-state index in [-0.39, 0.29) is 18.5 Å². The van der Waals surface area contributed by atoms with Gasteiger partial charge in [0.05, 0.1) is 18.3 Å². The van der Waals surface area contributed by atoms with Gasteiger partial charge in [-0.25, -0.2) is 9.52 Å². The lowest BCUT2D eigenvalue weighted by molar-refractivity contribution is -0.120. The topological polar surface area (TPSA) is 149 Å². The molecule has 1 heterocycles. The van der Waals surface area contributed by atoms with Crippen molar-refractivity contribution >= 4 is 38.7 Å². The SMILES string of the molecule is COc1ccc(N(C)C(=O)C(Cc2ccccc2)NC(=O)NS(=O)(=O)n2nc(CN)c3ccccc32)cc1. The van der Waals surface area contributed by atoms with Crippen LogP contribution in [0.1, 0.15) is 11.3 Å². The molecular weight excluding hydrogens is 508 g/mol. The summed E-state index contributed by atoms with van der Waals surface area (Å²) in [5, 5.41) is 7.15. The summed E-state index contributed by atoms with van der Waals surface area (Å²) >= 11 is 0. The lowest BCUT2D eigenvalue weighted by Crippen LogP contribution is -2.53. The minimum atomic E-state index is -4.45. The fourth-order valence-corrected chi connectivity index (χ4v) is 5.00. The van der Waals surface area contributed by atoms with Crippen LogP contribution in [0.25, 0.3) is 10.9 Å². The number of hydrogen-bond acceptors (Lipinski definition) is 7. The van der Waals surface area contributed by atoms with E-state index < -0.39 is 28.2 Å². The van der Waals surface area contributed by atoms with Crippen LogP contribution >= 0.6 is 0 Å². The Morgan fingerprint density at radius 1 is 1.03 bits per heavy atom. The summed E-state index contributed by atoms with van der Waals surface area (Å²) in [5.41, 5.74) is 7.70. The summed E-state index contributed by atoms with van der Waals surface area (Å²) in [5.74, 6) is 0.184. The molecule has 3 amide bonds. The van der Waals surface area contributed by atoms with Crippen LogP contribution in [0.15, 0.2) is 78.9 Å². The zero-order valence-corrected chi connectivity index (χ0v) is 21.7. The van der Waals surface area contributed by atoms with Gasteiger partial charge in [0.1, 0.15) is 11.8 Å². The lowest BCUT2D eigenvalue weighted by atomic mass is 10.0. The Kier molecular flexibility index (Phi) is 7.93. The molecule has 0 spiro atoms. The highest BCUT2D eigenvalue weighted by atomic mass is 32.2. The largest absolute Gasteiger partial charge is 0.497 e. The Balaban J connectivity index is 1.57. The maximum atomic E-state index is 13.5. The smallest absolute Gasteiger partial charge is 0.347 e. The quantitative estimate of drug-likeness (QED) is 0.297. The number of fused-ring (bicyclic) bond motifs is 1. The number of hydrogen-bond donors (Lipinski definition) is 3. The average Bonchev–Trinajstić information content (AvgIpc) is 3.32. The van der Waals surface area contributed by atoms with Crippen LogP contribution < -0.4 is 25.4 Å². The van der Waals surface area contributed by atoms with Crippen molar-refractivity contribution in [3.63, 3.8) is 0 Å². The number of carbonyl (C=O) groups excluding carboxylic acids is 2. The second-order valence-corrected chi connectivity index (χ2v) is 9.93. The minimum absolute atomic E-state index is 0.0145. The minimum Gasteiger partial charge on any atom is -0.497 e. The van der Waals surface area contributed by atoms with Crippen molar-refractivity contribution in [1.82, 2.24) is 19.2 Å². The van der Waals surface area contributed by atoms with E-state index in [4.69, 9.17) is 10.5 Å². The molecule has 11 nitrogen and oxygen atoms in total. The van der Waals surface area contributed by atoms with Gasteiger partial charge in [-0.2, -0.15) is 13.5 Å². The van der Waals surface area contributed by atoms with Gasteiger partial charge in [0, 0.05) is 31.1 Å². The predicted octanol–water partition coefficient (Wildman–Crippen LogP) is 2.17. The fourth-order valence-electron chi connectivity index (χ4n) is 4.00. The third kappa shape index (κ3) is 5.76. The van der Waals surface area contributed by atoms with E-state index in [1.807, 2.05) is 35.1 Å². The molecule has 1 aromatic heterocycles. The van der Waals surface area contributed by atoms with Gasteiger partial charge in [0.15, 0.2) is 0 Å². The average molecular weight is 537 g/mol. The molecule has 4 rings (SSSR count). The number of likely N-dealkylation sites (N-methyl/N-ethyl adjacent to an activating group) is 1. The van der Waals surface area contributed by atoms with E-state index in [0.29, 0.717) is 22.5 Å². The van der Waals surface area contributed by atoms with Crippen LogP contribution in [0, 0.1) is 0 Å². The number of nitrogens with one attached hydrogen (secondary N) is 2. The zero-order valence-electron chi connectivity index (χ0n) is 20.9. The van der Waals surface area contributed by atoms with E-state index in [1.165, 1.54) is 4.90 Å². The Morgan fingerprint density at radius 2 is 1.68 bits per heavy atom. The predicted molar refractivity (Wildman–Crippen MR) is 144 cm³/mol. The van der Waals surface area contributed by atoms with Crippen LogP contribution in [0.2, 0.25) is 0 Å². The van der Waals surface area contributed by atoms with Crippen molar-refractivity contribution in [3.05, 3.63) is 90.1 Å². The Hall–Kier alpha value is -4.42. The van der Waals surface area contributed by atoms with Gasteiger partial charge in [-0.15, -0.1) is 4.09 Å². The number of ether oxygens (including phenoxy) is 1. The van der Waals surface area contributed by atoms with Gasteiger partial charge in [0.2, 0.25) is 5.91 Å². The van der Waals surface area contributed by atoms with Crippen molar-refractivity contribution in [2.24, 2.45) is 5.73 Å². The molecule has 4 N–H and O–H groups in total. The summed E-state index contributed by atoms with van der Waals surface area (Å²) in [6, 6.07) is 20.4. The number of amides is 3. The number of urea groups is 1. The van der Waals surface area contributed by atoms with Gasteiger partial charge < -0.3 is 20.7 Å². The standard InChI is InChI=1S/C26H28N6O5S/c1-31(19-12-14-20(37-2)15-13-19)25(33)22(16-18-8-4-3-5-9-18)28-26(34)30-38(35,36)32-24-11-7-6-10-21(24)23(17-27)29-32/h3-15,22H,16-17,27H2,1-2H3,(H2,28,30,34). The summed E-state index contributed by atoms with van der Waals surface area (Å²) in [4.78, 5) is 27.8. The molecule has 0 saturated heterocycles. The third-order valence-corrected chi connectivity index (χ3v) is 7.13. The second-order valence-electron chi connectivity index (χ2n) is 8.43. The first-order valence-corrected chi connectivity index (χ1v) is 13.1. The third-order valence-electron chi connectivity index (χ3n) is 5.95. The van der Waals surface area contributed by atoms with Gasteiger partial charge in [0.25, 0.3) is 0 Å². The molecule has 0 aliphatic heterocycles. The van der Waals surface area contributed by atoms with Gasteiger partial charge in [-0.05, 0) is 35.9 Å². The summed E-state index contributed by atoms with van der Waals surface area (Å²) in [6.45, 7) is 0.0145. The molecule has 12 heteroatoms. The molecule has 0 fully saturated rings. The Bertz CT molecular complexity index is 1540. The van der Waals surface area contributed by atoms with Gasteiger partial charge >= 0.3 is 16.2 Å². The van der Waals surface area contributed by atoms with Crippen molar-refractivity contribution in [1.29, 1.82) is 0 Å². The van der Waals surface area contributed by atoms with Crippen LogP contribution in [-0.2, 0) is 28.0 Å². The molecule has 3 aromatic carbocycles. The number of nitrogens with zero attached hydrogens (tertiary/aromatic N) is 3. The fraction of sp³-hybridized carbons (Fsp3) is 0.192. The van der Waals surface area contributed by atoms with Crippen LogP contribution in [0.4, 0.5) is 10.5 Å². The Labute approximate surface area is 220 Å².